The monoisotopic (exact) mass is 266 g/mol. The largest absolute Gasteiger partial charge is 0.269 e. The van der Waals surface area contributed by atoms with E-state index in [1.807, 2.05) is 6.07 Å². The molecule has 8 heteroatoms. The van der Waals surface area contributed by atoms with Gasteiger partial charge < -0.3 is 0 Å². The van der Waals surface area contributed by atoms with Crippen molar-refractivity contribution in [1.29, 1.82) is 5.26 Å². The molecule has 20 heavy (non-hydrogen) atoms. The molecule has 8 nitrogen and oxygen atoms in total. The minimum absolute atomic E-state index is 0.0175. The molecular formula is C12H6N6O2. The standard InChI is InChI=1S/C12H6N6O2/c13-5-9-6-14-12-15-7-16-17(12)11(9)8-1-3-10(4-2-8)18(19)20/h1-4,6-7H. The summed E-state index contributed by atoms with van der Waals surface area (Å²) < 4.78 is 1.43. The van der Waals surface area contributed by atoms with Crippen molar-refractivity contribution in [3.8, 4) is 17.3 Å². The van der Waals surface area contributed by atoms with Gasteiger partial charge in [-0.3, -0.25) is 10.1 Å². The van der Waals surface area contributed by atoms with E-state index in [9.17, 15) is 10.1 Å². The second kappa shape index (κ2) is 4.40. The van der Waals surface area contributed by atoms with Crippen LogP contribution in [0.3, 0.4) is 0 Å². The lowest BCUT2D eigenvalue weighted by atomic mass is 10.1. The molecule has 0 atom stereocenters. The molecule has 2 heterocycles. The van der Waals surface area contributed by atoms with E-state index in [1.165, 1.54) is 29.2 Å². The Labute approximate surface area is 112 Å². The highest BCUT2D eigenvalue weighted by atomic mass is 16.6. The number of nitrogens with zero attached hydrogens (tertiary/aromatic N) is 6. The van der Waals surface area contributed by atoms with E-state index >= 15 is 0 Å². The average molecular weight is 266 g/mol. The highest BCUT2D eigenvalue weighted by Crippen LogP contribution is 2.25. The molecule has 0 fully saturated rings. The van der Waals surface area contributed by atoms with Crippen molar-refractivity contribution in [2.24, 2.45) is 0 Å². The van der Waals surface area contributed by atoms with Gasteiger partial charge in [-0.1, -0.05) is 0 Å². The number of nitriles is 1. The second-order valence-electron chi connectivity index (χ2n) is 3.91. The summed E-state index contributed by atoms with van der Waals surface area (Å²) in [6, 6.07) is 7.91. The molecule has 0 aliphatic carbocycles. The third kappa shape index (κ3) is 1.74. The lowest BCUT2D eigenvalue weighted by molar-refractivity contribution is -0.384. The van der Waals surface area contributed by atoms with Crippen LogP contribution >= 0.6 is 0 Å². The van der Waals surface area contributed by atoms with Crippen LogP contribution in [0.4, 0.5) is 5.69 Å². The third-order valence-corrected chi connectivity index (χ3v) is 2.78. The molecule has 0 radical (unpaired) electrons. The summed E-state index contributed by atoms with van der Waals surface area (Å²) in [5.41, 5.74) is 1.43. The normalized spacial score (nSPS) is 10.3. The molecule has 0 saturated carbocycles. The van der Waals surface area contributed by atoms with Crippen molar-refractivity contribution in [2.75, 3.05) is 0 Å². The van der Waals surface area contributed by atoms with Crippen LogP contribution in [0.15, 0.2) is 36.8 Å². The van der Waals surface area contributed by atoms with Crippen LogP contribution in [-0.4, -0.2) is 24.5 Å². The number of hydrogen-bond donors (Lipinski definition) is 0. The van der Waals surface area contributed by atoms with Crippen LogP contribution < -0.4 is 0 Å². The van der Waals surface area contributed by atoms with Crippen molar-refractivity contribution in [3.05, 3.63) is 52.5 Å². The maximum atomic E-state index is 10.7. The topological polar surface area (TPSA) is 110 Å². The first kappa shape index (κ1) is 11.7. The lowest BCUT2D eigenvalue weighted by Gasteiger charge is -2.05. The Kier molecular flexibility index (Phi) is 2.58. The number of non-ortho nitro benzene ring substituents is 1. The predicted octanol–water partition coefficient (Wildman–Crippen LogP) is 1.57. The van der Waals surface area contributed by atoms with Crippen LogP contribution in [0.1, 0.15) is 5.56 Å². The summed E-state index contributed by atoms with van der Waals surface area (Å²) in [6.07, 6.45) is 2.74. The van der Waals surface area contributed by atoms with Crippen LogP contribution in [-0.2, 0) is 0 Å². The Morgan fingerprint density at radius 2 is 2.00 bits per heavy atom. The first-order chi connectivity index (χ1) is 9.70. The van der Waals surface area contributed by atoms with Gasteiger partial charge in [0.2, 0.25) is 0 Å². The Morgan fingerprint density at radius 1 is 1.25 bits per heavy atom. The molecule has 0 aliphatic rings. The molecule has 0 N–H and O–H groups in total. The van der Waals surface area contributed by atoms with Gasteiger partial charge in [0.15, 0.2) is 0 Å². The number of nitro groups is 1. The van der Waals surface area contributed by atoms with Gasteiger partial charge in [-0.15, -0.1) is 0 Å². The Bertz CT molecular complexity index is 847. The van der Waals surface area contributed by atoms with E-state index in [2.05, 4.69) is 15.1 Å². The molecule has 0 bridgehead atoms. The summed E-state index contributed by atoms with van der Waals surface area (Å²) >= 11 is 0. The number of benzene rings is 1. The maximum Gasteiger partial charge on any atom is 0.269 e. The van der Waals surface area contributed by atoms with Gasteiger partial charge in [-0.25, -0.2) is 4.98 Å². The lowest BCUT2D eigenvalue weighted by Crippen LogP contribution is -2.00. The zero-order valence-electron chi connectivity index (χ0n) is 9.96. The van der Waals surface area contributed by atoms with E-state index in [0.29, 0.717) is 22.6 Å². The number of nitro benzene ring substituents is 1. The van der Waals surface area contributed by atoms with Crippen LogP contribution in [0.2, 0.25) is 0 Å². The molecule has 96 valence electrons. The fourth-order valence-electron chi connectivity index (χ4n) is 1.88. The highest BCUT2D eigenvalue weighted by molar-refractivity contribution is 5.69. The first-order valence-corrected chi connectivity index (χ1v) is 5.54. The molecule has 0 amide bonds. The van der Waals surface area contributed by atoms with Crippen molar-refractivity contribution >= 4 is 11.5 Å². The molecular weight excluding hydrogens is 260 g/mol. The van der Waals surface area contributed by atoms with Crippen LogP contribution in [0, 0.1) is 21.4 Å². The SMILES string of the molecule is N#Cc1cnc2ncnn2c1-c1ccc([N+](=O)[O-])cc1. The van der Waals surface area contributed by atoms with E-state index in [-0.39, 0.29) is 5.69 Å². The maximum absolute atomic E-state index is 10.7. The summed E-state index contributed by atoms with van der Waals surface area (Å²) in [4.78, 5) is 18.1. The fraction of sp³-hybridized carbons (Fsp3) is 0. The van der Waals surface area contributed by atoms with Gasteiger partial charge in [0.05, 0.1) is 22.4 Å². The minimum atomic E-state index is -0.480. The second-order valence-corrected chi connectivity index (χ2v) is 3.91. The average Bonchev–Trinajstić information content (AvgIpc) is 2.94. The highest BCUT2D eigenvalue weighted by Gasteiger charge is 2.14. The molecule has 3 rings (SSSR count). The number of rotatable bonds is 2. The molecule has 3 aromatic rings. The van der Waals surface area contributed by atoms with Crippen molar-refractivity contribution in [2.45, 2.75) is 0 Å². The Balaban J connectivity index is 2.25. The summed E-state index contributed by atoms with van der Waals surface area (Å²) in [5, 5.41) is 23.8. The van der Waals surface area contributed by atoms with Gasteiger partial charge in [-0.2, -0.15) is 19.9 Å². The molecule has 2 aromatic heterocycles. The molecule has 1 aromatic carbocycles. The van der Waals surface area contributed by atoms with Crippen molar-refractivity contribution < 1.29 is 4.92 Å². The van der Waals surface area contributed by atoms with Gasteiger partial charge in [0.25, 0.3) is 11.5 Å². The van der Waals surface area contributed by atoms with Crippen LogP contribution in [0.5, 0.6) is 0 Å². The fourth-order valence-corrected chi connectivity index (χ4v) is 1.88. The molecule has 0 saturated heterocycles. The number of hydrogen-bond acceptors (Lipinski definition) is 6. The van der Waals surface area contributed by atoms with E-state index in [1.54, 1.807) is 12.1 Å². The van der Waals surface area contributed by atoms with Crippen molar-refractivity contribution in [3.63, 3.8) is 0 Å². The van der Waals surface area contributed by atoms with E-state index in [4.69, 9.17) is 5.26 Å². The van der Waals surface area contributed by atoms with Gasteiger partial charge in [-0.05, 0) is 12.1 Å². The van der Waals surface area contributed by atoms with Gasteiger partial charge >= 0.3 is 0 Å². The number of fused-ring (bicyclic) bond motifs is 1. The summed E-state index contributed by atoms with van der Waals surface area (Å²) in [6.45, 7) is 0. The Hall–Kier alpha value is -3.34. The minimum Gasteiger partial charge on any atom is -0.258 e. The van der Waals surface area contributed by atoms with Crippen LogP contribution in [0.25, 0.3) is 17.0 Å². The first-order valence-electron chi connectivity index (χ1n) is 5.54. The molecule has 0 spiro atoms. The van der Waals surface area contributed by atoms with Gasteiger partial charge in [0.1, 0.15) is 12.4 Å². The third-order valence-electron chi connectivity index (χ3n) is 2.78. The molecule has 0 aliphatic heterocycles. The van der Waals surface area contributed by atoms with E-state index in [0.717, 1.165) is 0 Å². The van der Waals surface area contributed by atoms with Crippen molar-refractivity contribution in [1.82, 2.24) is 19.6 Å². The zero-order chi connectivity index (χ0) is 14.1. The summed E-state index contributed by atoms with van der Waals surface area (Å²) in [5.74, 6) is 0.359. The Morgan fingerprint density at radius 3 is 2.65 bits per heavy atom. The predicted molar refractivity (Wildman–Crippen MR) is 67.6 cm³/mol. The van der Waals surface area contributed by atoms with Gasteiger partial charge in [0, 0.05) is 17.7 Å². The smallest absolute Gasteiger partial charge is 0.258 e. The number of aromatic nitrogens is 4. The zero-order valence-corrected chi connectivity index (χ0v) is 9.96. The quantitative estimate of drug-likeness (QED) is 0.514. The summed E-state index contributed by atoms with van der Waals surface area (Å²) in [7, 11) is 0. The molecule has 0 unspecified atom stereocenters. The van der Waals surface area contributed by atoms with E-state index < -0.39 is 4.92 Å².